The number of unbranched alkanes of at least 4 members (excludes halogenated alkanes) is 2. The first-order chi connectivity index (χ1) is 3.41. The molecule has 3 heteroatoms. The largest absolute Gasteiger partial charge is 1.00 e. The molecule has 0 spiro atoms. The maximum absolute atomic E-state index is 9.70. The molecule has 0 saturated heterocycles. The van der Waals surface area contributed by atoms with Crippen molar-refractivity contribution in [3.05, 3.63) is 0 Å². The summed E-state index contributed by atoms with van der Waals surface area (Å²) in [6.45, 7) is -0.0400. The second-order valence-corrected chi connectivity index (χ2v) is 1.32. The average molecular weight is 137 g/mol. The van der Waals surface area contributed by atoms with Gasteiger partial charge in [-0.05, 0) is 6.42 Å². The smallest absolute Gasteiger partial charge is 0.854 e. The Balaban J connectivity index is 0. The van der Waals surface area contributed by atoms with Gasteiger partial charge in [-0.2, -0.15) is 5.26 Å². The van der Waals surface area contributed by atoms with E-state index < -0.39 is 0 Å². The van der Waals surface area contributed by atoms with Crippen molar-refractivity contribution in [2.75, 3.05) is 6.61 Å². The zero-order chi connectivity index (χ0) is 5.54. The standard InChI is InChI=1S/C5H8NO.K/c6-4-2-1-3-5-7;/h1-3,5H2;/q-1;+1. The van der Waals surface area contributed by atoms with Gasteiger partial charge in [0.15, 0.2) is 0 Å². The maximum atomic E-state index is 9.70. The molecule has 0 amide bonds. The summed E-state index contributed by atoms with van der Waals surface area (Å²) in [7, 11) is 0. The maximum Gasteiger partial charge on any atom is 1.00 e. The Morgan fingerprint density at radius 1 is 1.38 bits per heavy atom. The first-order valence-corrected chi connectivity index (χ1v) is 2.37. The summed E-state index contributed by atoms with van der Waals surface area (Å²) in [5.41, 5.74) is 0. The van der Waals surface area contributed by atoms with Crippen LogP contribution in [-0.4, -0.2) is 6.61 Å². The molecule has 0 atom stereocenters. The summed E-state index contributed by atoms with van der Waals surface area (Å²) < 4.78 is 0. The molecule has 0 aromatic carbocycles. The van der Waals surface area contributed by atoms with Gasteiger partial charge in [0.2, 0.25) is 0 Å². The van der Waals surface area contributed by atoms with E-state index in [0.29, 0.717) is 12.8 Å². The second kappa shape index (κ2) is 11.0. The topological polar surface area (TPSA) is 46.8 Å². The van der Waals surface area contributed by atoms with Crippen LogP contribution in [0, 0.1) is 11.3 Å². The van der Waals surface area contributed by atoms with E-state index in [1.807, 2.05) is 6.07 Å². The first kappa shape index (κ1) is 11.8. The second-order valence-electron chi connectivity index (χ2n) is 1.32. The fourth-order valence-electron chi connectivity index (χ4n) is 0.306. The van der Waals surface area contributed by atoms with E-state index in [2.05, 4.69) is 0 Å². The van der Waals surface area contributed by atoms with E-state index in [4.69, 9.17) is 5.26 Å². The van der Waals surface area contributed by atoms with Crippen LogP contribution in [0.4, 0.5) is 0 Å². The zero-order valence-electron chi connectivity index (χ0n) is 5.18. The number of nitrogens with zero attached hydrogens (tertiary/aromatic N) is 1. The van der Waals surface area contributed by atoms with E-state index in [-0.39, 0.29) is 58.0 Å². The zero-order valence-corrected chi connectivity index (χ0v) is 8.31. The third-order valence-corrected chi connectivity index (χ3v) is 0.683. The van der Waals surface area contributed by atoms with Crippen LogP contribution in [0.5, 0.6) is 0 Å². The van der Waals surface area contributed by atoms with Gasteiger partial charge < -0.3 is 5.11 Å². The molecule has 40 valence electrons. The van der Waals surface area contributed by atoms with Gasteiger partial charge in [0.25, 0.3) is 0 Å². The van der Waals surface area contributed by atoms with Crippen molar-refractivity contribution < 1.29 is 56.5 Å². The van der Waals surface area contributed by atoms with Gasteiger partial charge >= 0.3 is 51.4 Å². The Labute approximate surface area is 92.3 Å². The molecule has 0 aliphatic carbocycles. The van der Waals surface area contributed by atoms with Crippen molar-refractivity contribution >= 4 is 0 Å². The van der Waals surface area contributed by atoms with Crippen LogP contribution in [0.1, 0.15) is 19.3 Å². The minimum atomic E-state index is -0.0400. The summed E-state index contributed by atoms with van der Waals surface area (Å²) >= 11 is 0. The SMILES string of the molecule is N#CCCCC[O-].[K+]. The normalized spacial score (nSPS) is 7.00. The monoisotopic (exact) mass is 137 g/mol. The van der Waals surface area contributed by atoms with E-state index in [0.717, 1.165) is 6.42 Å². The van der Waals surface area contributed by atoms with Gasteiger partial charge in [-0.25, -0.2) is 0 Å². The number of rotatable bonds is 3. The third-order valence-electron chi connectivity index (χ3n) is 0.683. The Morgan fingerprint density at radius 3 is 2.38 bits per heavy atom. The molecular weight excluding hydrogens is 129 g/mol. The summed E-state index contributed by atoms with van der Waals surface area (Å²) in [5.74, 6) is 0. The Bertz CT molecular complexity index is 69.3. The minimum Gasteiger partial charge on any atom is -0.854 e. The van der Waals surface area contributed by atoms with Gasteiger partial charge in [-0.3, -0.25) is 0 Å². The van der Waals surface area contributed by atoms with Gasteiger partial charge in [-0.15, -0.1) is 6.61 Å². The van der Waals surface area contributed by atoms with Crippen molar-refractivity contribution in [2.45, 2.75) is 19.3 Å². The molecule has 0 aliphatic heterocycles. The Kier molecular flexibility index (Phi) is 16.2. The van der Waals surface area contributed by atoms with Gasteiger partial charge in [0, 0.05) is 6.42 Å². The molecule has 0 aromatic rings. The van der Waals surface area contributed by atoms with Crippen LogP contribution in [-0.2, 0) is 0 Å². The number of hydrogen-bond donors (Lipinski definition) is 0. The van der Waals surface area contributed by atoms with E-state index >= 15 is 0 Å². The van der Waals surface area contributed by atoms with Crippen LogP contribution in [0.3, 0.4) is 0 Å². The first-order valence-electron chi connectivity index (χ1n) is 2.37. The van der Waals surface area contributed by atoms with Gasteiger partial charge in [0.1, 0.15) is 0 Å². The molecule has 0 rings (SSSR count). The van der Waals surface area contributed by atoms with E-state index in [1.54, 1.807) is 0 Å². The van der Waals surface area contributed by atoms with E-state index in [1.165, 1.54) is 0 Å². The average Bonchev–Trinajstić information content (AvgIpc) is 1.69. The van der Waals surface area contributed by atoms with Crippen molar-refractivity contribution in [1.29, 1.82) is 5.26 Å². The summed E-state index contributed by atoms with van der Waals surface area (Å²) in [6, 6.07) is 1.96. The van der Waals surface area contributed by atoms with Crippen molar-refractivity contribution in [3.8, 4) is 6.07 Å². The predicted molar refractivity (Wildman–Crippen MR) is 24.3 cm³/mol. The molecule has 0 fully saturated rings. The number of nitriles is 1. The fourth-order valence-corrected chi connectivity index (χ4v) is 0.306. The third kappa shape index (κ3) is 10.1. The Morgan fingerprint density at radius 2 is 2.00 bits per heavy atom. The van der Waals surface area contributed by atoms with Gasteiger partial charge in [0.05, 0.1) is 6.07 Å². The van der Waals surface area contributed by atoms with Crippen LogP contribution < -0.4 is 56.5 Å². The molecule has 0 N–H and O–H groups in total. The molecular formula is C5H8KNO. The van der Waals surface area contributed by atoms with Gasteiger partial charge in [-0.1, -0.05) is 6.42 Å². The summed E-state index contributed by atoms with van der Waals surface area (Å²) in [5, 5.41) is 17.6. The molecule has 0 aliphatic rings. The molecule has 0 bridgehead atoms. The Hall–Kier alpha value is 1.09. The minimum absolute atomic E-state index is 0. The molecule has 0 unspecified atom stereocenters. The predicted octanol–water partition coefficient (Wildman–Crippen LogP) is -2.96. The molecule has 2 nitrogen and oxygen atoms in total. The quantitative estimate of drug-likeness (QED) is 0.308. The summed E-state index contributed by atoms with van der Waals surface area (Å²) in [4.78, 5) is 0. The molecule has 0 aromatic heterocycles. The molecule has 0 radical (unpaired) electrons. The van der Waals surface area contributed by atoms with Crippen LogP contribution >= 0.6 is 0 Å². The molecule has 8 heavy (non-hydrogen) atoms. The number of hydrogen-bond acceptors (Lipinski definition) is 2. The van der Waals surface area contributed by atoms with Crippen molar-refractivity contribution in [1.82, 2.24) is 0 Å². The fraction of sp³-hybridized carbons (Fsp3) is 0.800. The van der Waals surface area contributed by atoms with Crippen LogP contribution in [0.25, 0.3) is 0 Å². The van der Waals surface area contributed by atoms with Crippen LogP contribution in [0.2, 0.25) is 0 Å². The van der Waals surface area contributed by atoms with Crippen molar-refractivity contribution in [2.24, 2.45) is 0 Å². The summed E-state index contributed by atoms with van der Waals surface area (Å²) in [6.07, 6.45) is 1.94. The van der Waals surface area contributed by atoms with Crippen molar-refractivity contribution in [3.63, 3.8) is 0 Å². The molecule has 0 heterocycles. The molecule has 0 saturated carbocycles. The van der Waals surface area contributed by atoms with Crippen LogP contribution in [0.15, 0.2) is 0 Å². The van der Waals surface area contributed by atoms with E-state index in [9.17, 15) is 5.11 Å².